The van der Waals surface area contributed by atoms with Gasteiger partial charge in [-0.05, 0) is 24.3 Å². The molecule has 0 radical (unpaired) electrons. The molecule has 0 fully saturated rings. The second-order valence-corrected chi connectivity index (χ2v) is 3.90. The highest BCUT2D eigenvalue weighted by Gasteiger charge is 2.09. The van der Waals surface area contributed by atoms with Crippen LogP contribution in [0.2, 0.25) is 0 Å². The molecule has 0 amide bonds. The highest BCUT2D eigenvalue weighted by atomic mass is 79.9. The maximum atomic E-state index is 10.6. The lowest BCUT2D eigenvalue weighted by molar-refractivity contribution is 0.0663. The maximum absolute atomic E-state index is 10.6. The fourth-order valence-corrected chi connectivity index (χ4v) is 1.65. The van der Waals surface area contributed by atoms with Crippen LogP contribution in [0.1, 0.15) is 10.6 Å². The first-order valence-electron chi connectivity index (χ1n) is 4.26. The number of hydrogen-bond donors (Lipinski definition) is 1. The van der Waals surface area contributed by atoms with E-state index >= 15 is 0 Å². The Kier molecular flexibility index (Phi) is 2.60. The molecule has 0 aliphatic rings. The number of benzene rings is 1. The zero-order valence-electron chi connectivity index (χ0n) is 7.61. The molecule has 0 atom stereocenters. The largest absolute Gasteiger partial charge is 0.475 e. The summed E-state index contributed by atoms with van der Waals surface area (Å²) in [4.78, 5) is 10.6. The third-order valence-electron chi connectivity index (χ3n) is 1.93. The Hall–Kier alpha value is -1.55. The van der Waals surface area contributed by atoms with Gasteiger partial charge in [0.2, 0.25) is 5.76 Å². The number of hydrogen-bond acceptors (Lipinski definition) is 2. The number of aromatic carboxylic acids is 1. The number of carboxylic acid groups (broad SMARTS) is 1. The van der Waals surface area contributed by atoms with E-state index in [1.54, 1.807) is 6.07 Å². The molecule has 0 unspecified atom stereocenters. The van der Waals surface area contributed by atoms with E-state index < -0.39 is 5.97 Å². The maximum Gasteiger partial charge on any atom is 0.371 e. The highest BCUT2D eigenvalue weighted by molar-refractivity contribution is 9.10. The summed E-state index contributed by atoms with van der Waals surface area (Å²) in [5.41, 5.74) is 0.844. The molecule has 0 aliphatic heterocycles. The van der Waals surface area contributed by atoms with E-state index in [2.05, 4.69) is 15.9 Å². The van der Waals surface area contributed by atoms with Crippen molar-refractivity contribution in [1.82, 2.24) is 0 Å². The Balaban J connectivity index is 2.41. The first kappa shape index (κ1) is 9.98. The van der Waals surface area contributed by atoms with Crippen molar-refractivity contribution in [1.29, 1.82) is 0 Å². The van der Waals surface area contributed by atoms with Gasteiger partial charge in [-0.15, -0.1) is 0 Å². The zero-order chi connectivity index (χ0) is 10.8. The molecule has 0 saturated carbocycles. The predicted molar refractivity (Wildman–Crippen MR) is 58.8 cm³/mol. The van der Waals surface area contributed by atoms with Gasteiger partial charge in [0.25, 0.3) is 0 Å². The number of halogens is 1. The molecule has 1 N–H and O–H groups in total. The van der Waals surface area contributed by atoms with Crippen LogP contribution < -0.4 is 0 Å². The van der Waals surface area contributed by atoms with Crippen molar-refractivity contribution in [2.45, 2.75) is 0 Å². The molecule has 15 heavy (non-hydrogen) atoms. The summed E-state index contributed by atoms with van der Waals surface area (Å²) in [5.74, 6) is -0.560. The Morgan fingerprint density at radius 1 is 1.27 bits per heavy atom. The van der Waals surface area contributed by atoms with E-state index in [1.165, 1.54) is 6.07 Å². The third kappa shape index (κ3) is 2.10. The molecule has 76 valence electrons. The van der Waals surface area contributed by atoms with Gasteiger partial charge >= 0.3 is 5.97 Å². The van der Waals surface area contributed by atoms with Crippen molar-refractivity contribution in [3.05, 3.63) is 46.6 Å². The number of furan rings is 1. The average molecular weight is 267 g/mol. The van der Waals surface area contributed by atoms with Crippen LogP contribution in [-0.4, -0.2) is 11.1 Å². The van der Waals surface area contributed by atoms with Crippen LogP contribution in [0.4, 0.5) is 0 Å². The standard InChI is InChI=1S/C11H7BrO3/c12-8-3-1-2-7(6-8)9-4-5-10(15-9)11(13)14/h1-6H,(H,13,14). The summed E-state index contributed by atoms with van der Waals surface area (Å²) >= 11 is 3.34. The van der Waals surface area contributed by atoms with Crippen LogP contribution in [0.3, 0.4) is 0 Å². The monoisotopic (exact) mass is 266 g/mol. The van der Waals surface area contributed by atoms with Crippen LogP contribution in [-0.2, 0) is 0 Å². The minimum Gasteiger partial charge on any atom is -0.475 e. The lowest BCUT2D eigenvalue weighted by Crippen LogP contribution is -1.91. The van der Waals surface area contributed by atoms with Crippen molar-refractivity contribution >= 4 is 21.9 Å². The summed E-state index contributed by atoms with van der Waals surface area (Å²) in [6.45, 7) is 0. The van der Waals surface area contributed by atoms with Gasteiger partial charge in [-0.25, -0.2) is 4.79 Å². The fraction of sp³-hybridized carbons (Fsp3) is 0. The number of carbonyl (C=O) groups is 1. The van der Waals surface area contributed by atoms with E-state index in [0.29, 0.717) is 5.76 Å². The van der Waals surface area contributed by atoms with Crippen molar-refractivity contribution < 1.29 is 14.3 Å². The molecule has 1 aromatic heterocycles. The zero-order valence-corrected chi connectivity index (χ0v) is 9.19. The van der Waals surface area contributed by atoms with Crippen LogP contribution >= 0.6 is 15.9 Å². The van der Waals surface area contributed by atoms with Gasteiger partial charge in [0, 0.05) is 10.0 Å². The van der Waals surface area contributed by atoms with Gasteiger partial charge in [0.05, 0.1) is 0 Å². The summed E-state index contributed by atoms with van der Waals surface area (Å²) < 4.78 is 6.09. The first-order valence-corrected chi connectivity index (χ1v) is 5.05. The van der Waals surface area contributed by atoms with Gasteiger partial charge < -0.3 is 9.52 Å². The minimum atomic E-state index is -1.06. The molecule has 3 nitrogen and oxygen atoms in total. The van der Waals surface area contributed by atoms with Crippen LogP contribution in [0.25, 0.3) is 11.3 Å². The Morgan fingerprint density at radius 3 is 2.67 bits per heavy atom. The van der Waals surface area contributed by atoms with Crippen molar-refractivity contribution in [2.24, 2.45) is 0 Å². The van der Waals surface area contributed by atoms with E-state index in [4.69, 9.17) is 9.52 Å². The summed E-state index contributed by atoms with van der Waals surface area (Å²) in [6, 6.07) is 10.6. The normalized spacial score (nSPS) is 10.2. The number of carboxylic acids is 1. The molecule has 0 spiro atoms. The third-order valence-corrected chi connectivity index (χ3v) is 2.42. The van der Waals surface area contributed by atoms with E-state index in [9.17, 15) is 4.79 Å². The summed E-state index contributed by atoms with van der Waals surface area (Å²) in [5, 5.41) is 8.70. The van der Waals surface area contributed by atoms with Crippen LogP contribution in [0, 0.1) is 0 Å². The van der Waals surface area contributed by atoms with Crippen LogP contribution in [0.5, 0.6) is 0 Å². The molecule has 4 heteroatoms. The van der Waals surface area contributed by atoms with Gasteiger partial charge in [-0.1, -0.05) is 28.1 Å². The molecule has 1 heterocycles. The lowest BCUT2D eigenvalue weighted by atomic mass is 10.2. The second-order valence-electron chi connectivity index (χ2n) is 2.98. The second kappa shape index (κ2) is 3.90. The molecule has 2 aromatic rings. The van der Waals surface area contributed by atoms with E-state index in [-0.39, 0.29) is 5.76 Å². The quantitative estimate of drug-likeness (QED) is 0.907. The Labute approximate surface area is 94.5 Å². The smallest absolute Gasteiger partial charge is 0.371 e. The van der Waals surface area contributed by atoms with Gasteiger partial charge in [0.15, 0.2) is 0 Å². The Bertz CT molecular complexity index is 502. The van der Waals surface area contributed by atoms with E-state index in [0.717, 1.165) is 10.0 Å². The molecule has 0 aliphatic carbocycles. The number of rotatable bonds is 2. The van der Waals surface area contributed by atoms with Crippen LogP contribution in [0.15, 0.2) is 45.3 Å². The first-order chi connectivity index (χ1) is 7.16. The summed E-state index contributed by atoms with van der Waals surface area (Å²) in [7, 11) is 0. The lowest BCUT2D eigenvalue weighted by Gasteiger charge is -1.96. The van der Waals surface area contributed by atoms with Gasteiger partial charge in [-0.2, -0.15) is 0 Å². The molecular weight excluding hydrogens is 260 g/mol. The Morgan fingerprint density at radius 2 is 2.07 bits per heavy atom. The van der Waals surface area contributed by atoms with E-state index in [1.807, 2.05) is 24.3 Å². The van der Waals surface area contributed by atoms with Crippen molar-refractivity contribution in [2.75, 3.05) is 0 Å². The van der Waals surface area contributed by atoms with Gasteiger partial charge in [0.1, 0.15) is 5.76 Å². The minimum absolute atomic E-state index is 0.0509. The molecule has 1 aromatic carbocycles. The van der Waals surface area contributed by atoms with Gasteiger partial charge in [-0.3, -0.25) is 0 Å². The topological polar surface area (TPSA) is 50.4 Å². The summed E-state index contributed by atoms with van der Waals surface area (Å²) in [6.07, 6.45) is 0. The van der Waals surface area contributed by atoms with Crippen molar-refractivity contribution in [3.8, 4) is 11.3 Å². The SMILES string of the molecule is O=C(O)c1ccc(-c2cccc(Br)c2)o1. The predicted octanol–water partition coefficient (Wildman–Crippen LogP) is 3.41. The molecular formula is C11H7BrO3. The molecule has 2 rings (SSSR count). The molecule has 0 saturated heterocycles. The average Bonchev–Trinajstić information content (AvgIpc) is 2.66. The van der Waals surface area contributed by atoms with Crippen molar-refractivity contribution in [3.63, 3.8) is 0 Å². The highest BCUT2D eigenvalue weighted by Crippen LogP contribution is 2.24. The fourth-order valence-electron chi connectivity index (χ4n) is 1.25. The molecule has 0 bridgehead atoms.